The highest BCUT2D eigenvalue weighted by Crippen LogP contribution is 2.32. The number of anilines is 1. The zero-order valence-electron chi connectivity index (χ0n) is 12.6. The lowest BCUT2D eigenvalue weighted by atomic mass is 9.82. The molecule has 2 N–H and O–H groups in total. The minimum Gasteiger partial charge on any atom is -0.480 e. The van der Waals surface area contributed by atoms with Crippen molar-refractivity contribution in [1.82, 2.24) is 10.3 Å². The Morgan fingerprint density at radius 2 is 2.05 bits per heavy atom. The maximum Gasteiger partial charge on any atom is 0.230 e. The van der Waals surface area contributed by atoms with Crippen molar-refractivity contribution < 1.29 is 9.84 Å². The number of aliphatic hydroxyl groups is 1. The van der Waals surface area contributed by atoms with Gasteiger partial charge in [-0.3, -0.25) is 0 Å². The second-order valence-corrected chi connectivity index (χ2v) is 6.74. The summed E-state index contributed by atoms with van der Waals surface area (Å²) in [6, 6.07) is 0. The molecule has 6 heteroatoms. The van der Waals surface area contributed by atoms with Crippen molar-refractivity contribution in [2.75, 3.05) is 32.7 Å². The molecule has 0 radical (unpaired) electrons. The van der Waals surface area contributed by atoms with Crippen LogP contribution in [0.15, 0.2) is 0 Å². The summed E-state index contributed by atoms with van der Waals surface area (Å²) in [5.41, 5.74) is -0.120. The Morgan fingerprint density at radius 1 is 1.35 bits per heavy atom. The summed E-state index contributed by atoms with van der Waals surface area (Å²) in [4.78, 5) is 7.54. The molecule has 0 bridgehead atoms. The molecule has 1 fully saturated rings. The smallest absolute Gasteiger partial charge is 0.230 e. The van der Waals surface area contributed by atoms with E-state index in [0.717, 1.165) is 22.9 Å². The van der Waals surface area contributed by atoms with E-state index in [0.29, 0.717) is 12.4 Å². The first-order valence-corrected chi connectivity index (χ1v) is 7.99. The molecule has 0 aliphatic heterocycles. The molecule has 1 aliphatic carbocycles. The predicted molar refractivity (Wildman–Crippen MR) is 82.7 cm³/mol. The largest absolute Gasteiger partial charge is 0.480 e. The zero-order chi connectivity index (χ0) is 14.6. The van der Waals surface area contributed by atoms with Gasteiger partial charge < -0.3 is 20.1 Å². The van der Waals surface area contributed by atoms with E-state index in [1.165, 1.54) is 19.3 Å². The van der Waals surface area contributed by atoms with E-state index in [1.54, 1.807) is 18.4 Å². The van der Waals surface area contributed by atoms with Crippen LogP contribution >= 0.6 is 11.3 Å². The summed E-state index contributed by atoms with van der Waals surface area (Å²) in [5.74, 6) is 0.690. The third-order valence-corrected chi connectivity index (χ3v) is 5.17. The minimum absolute atomic E-state index is 0.120. The van der Waals surface area contributed by atoms with Gasteiger partial charge in [-0.2, -0.15) is 4.98 Å². The molecule has 0 amide bonds. The van der Waals surface area contributed by atoms with Crippen LogP contribution in [-0.2, 0) is 6.54 Å². The molecule has 0 saturated heterocycles. The third-order valence-electron chi connectivity index (χ3n) is 3.96. The van der Waals surface area contributed by atoms with Gasteiger partial charge >= 0.3 is 0 Å². The van der Waals surface area contributed by atoms with E-state index < -0.39 is 0 Å². The molecule has 2 rings (SSSR count). The Balaban J connectivity index is 2.05. The van der Waals surface area contributed by atoms with Crippen LogP contribution < -0.4 is 15.0 Å². The van der Waals surface area contributed by atoms with Crippen molar-refractivity contribution >= 4 is 16.5 Å². The molecule has 5 nitrogen and oxygen atoms in total. The maximum absolute atomic E-state index is 9.73. The Hall–Kier alpha value is -0.850. The third kappa shape index (κ3) is 3.42. The molecule has 0 aromatic carbocycles. The fourth-order valence-corrected chi connectivity index (χ4v) is 3.57. The predicted octanol–water partition coefficient (Wildman–Crippen LogP) is 2.00. The second kappa shape index (κ2) is 6.74. The van der Waals surface area contributed by atoms with Crippen LogP contribution in [-0.4, -0.2) is 43.4 Å². The van der Waals surface area contributed by atoms with Crippen molar-refractivity contribution in [3.05, 3.63) is 4.88 Å². The van der Waals surface area contributed by atoms with E-state index in [-0.39, 0.29) is 12.1 Å². The maximum atomic E-state index is 9.73. The fraction of sp³-hybridized carbons (Fsp3) is 0.786. The molecule has 1 aromatic rings. The monoisotopic (exact) mass is 299 g/mol. The first-order chi connectivity index (χ1) is 9.60. The Bertz CT molecular complexity index is 428. The average molecular weight is 299 g/mol. The highest BCUT2D eigenvalue weighted by molar-refractivity contribution is 7.15. The highest BCUT2D eigenvalue weighted by Gasteiger charge is 2.31. The number of hydrogen-bond acceptors (Lipinski definition) is 6. The van der Waals surface area contributed by atoms with Crippen LogP contribution in [0.4, 0.5) is 5.13 Å². The topological polar surface area (TPSA) is 57.6 Å². The number of rotatable bonds is 6. The quantitative estimate of drug-likeness (QED) is 0.841. The Labute approximate surface area is 125 Å². The molecule has 1 aromatic heterocycles. The van der Waals surface area contributed by atoms with E-state index in [9.17, 15) is 5.11 Å². The van der Waals surface area contributed by atoms with Crippen molar-refractivity contribution in [1.29, 1.82) is 0 Å². The van der Waals surface area contributed by atoms with Crippen LogP contribution in [0.5, 0.6) is 5.88 Å². The first-order valence-electron chi connectivity index (χ1n) is 7.17. The van der Waals surface area contributed by atoms with Crippen molar-refractivity contribution in [3.8, 4) is 5.88 Å². The number of ether oxygens (including phenoxy) is 1. The first kappa shape index (κ1) is 15.5. The van der Waals surface area contributed by atoms with Gasteiger partial charge in [0.05, 0.1) is 18.6 Å². The van der Waals surface area contributed by atoms with Gasteiger partial charge in [-0.25, -0.2) is 0 Å². The van der Waals surface area contributed by atoms with Crippen molar-refractivity contribution in [3.63, 3.8) is 0 Å². The van der Waals surface area contributed by atoms with E-state index in [1.807, 2.05) is 19.0 Å². The van der Waals surface area contributed by atoms with Crippen LogP contribution in [0, 0.1) is 0 Å². The second-order valence-electron chi connectivity index (χ2n) is 5.68. The Kier molecular flexibility index (Phi) is 5.23. The molecule has 0 unspecified atom stereocenters. The summed E-state index contributed by atoms with van der Waals surface area (Å²) in [6.45, 7) is 0.907. The van der Waals surface area contributed by atoms with E-state index in [4.69, 9.17) is 4.74 Å². The molecule has 0 atom stereocenters. The summed E-state index contributed by atoms with van der Waals surface area (Å²) in [6.07, 6.45) is 5.75. The molecule has 1 saturated carbocycles. The van der Waals surface area contributed by atoms with Gasteiger partial charge in [0, 0.05) is 26.2 Å². The lowest BCUT2D eigenvalue weighted by molar-refractivity contribution is 0.119. The number of hydrogen-bond donors (Lipinski definition) is 2. The normalized spacial score (nSPS) is 18.0. The molecule has 1 heterocycles. The number of nitrogens with one attached hydrogen (secondary N) is 1. The molecule has 1 aliphatic rings. The van der Waals surface area contributed by atoms with Crippen LogP contribution in [0.1, 0.15) is 37.0 Å². The van der Waals surface area contributed by atoms with Gasteiger partial charge in [-0.1, -0.05) is 30.6 Å². The molecule has 114 valence electrons. The molecular weight excluding hydrogens is 274 g/mol. The lowest BCUT2D eigenvalue weighted by Gasteiger charge is -2.36. The van der Waals surface area contributed by atoms with Crippen molar-refractivity contribution in [2.24, 2.45) is 0 Å². The van der Waals surface area contributed by atoms with E-state index >= 15 is 0 Å². The van der Waals surface area contributed by atoms with Crippen molar-refractivity contribution in [2.45, 2.75) is 44.2 Å². The van der Waals surface area contributed by atoms with Gasteiger partial charge in [-0.05, 0) is 12.8 Å². The average Bonchev–Trinajstić information content (AvgIpc) is 2.90. The standard InChI is InChI=1S/C14H25N3O2S/c1-17(2)13-16-12(19-3)11(20-13)9-15-14(10-18)7-5-4-6-8-14/h15,18H,4-10H2,1-3H3. The molecule has 20 heavy (non-hydrogen) atoms. The number of aliphatic hydroxyl groups excluding tert-OH is 1. The SMILES string of the molecule is COc1nc(N(C)C)sc1CNC1(CO)CCCCC1. The molecular formula is C14H25N3O2S. The van der Waals surface area contributed by atoms with Crippen LogP contribution in [0.3, 0.4) is 0 Å². The van der Waals surface area contributed by atoms with E-state index in [2.05, 4.69) is 10.3 Å². The minimum atomic E-state index is -0.120. The van der Waals surface area contributed by atoms with Gasteiger partial charge in [0.2, 0.25) is 5.88 Å². The summed E-state index contributed by atoms with van der Waals surface area (Å²) in [7, 11) is 5.61. The summed E-state index contributed by atoms with van der Waals surface area (Å²) < 4.78 is 5.35. The van der Waals surface area contributed by atoms with Gasteiger partial charge in [-0.15, -0.1) is 0 Å². The molecule has 0 spiro atoms. The van der Waals surface area contributed by atoms with Gasteiger partial charge in [0.15, 0.2) is 5.13 Å². The lowest BCUT2D eigenvalue weighted by Crippen LogP contribution is -2.49. The highest BCUT2D eigenvalue weighted by atomic mass is 32.1. The Morgan fingerprint density at radius 3 is 2.60 bits per heavy atom. The van der Waals surface area contributed by atoms with Gasteiger partial charge in [0.25, 0.3) is 0 Å². The van der Waals surface area contributed by atoms with Gasteiger partial charge in [0.1, 0.15) is 0 Å². The summed E-state index contributed by atoms with van der Waals surface area (Å²) in [5, 5.41) is 14.2. The number of aromatic nitrogens is 1. The zero-order valence-corrected chi connectivity index (χ0v) is 13.4. The number of nitrogens with zero attached hydrogens (tertiary/aromatic N) is 2. The number of thiazole rings is 1. The number of methoxy groups -OCH3 is 1. The fourth-order valence-electron chi connectivity index (χ4n) is 2.68. The van der Waals surface area contributed by atoms with Crippen LogP contribution in [0.2, 0.25) is 0 Å². The summed E-state index contributed by atoms with van der Waals surface area (Å²) >= 11 is 1.64. The van der Waals surface area contributed by atoms with Crippen LogP contribution in [0.25, 0.3) is 0 Å².